The Morgan fingerprint density at radius 1 is 1.41 bits per heavy atom. The van der Waals surface area contributed by atoms with Gasteiger partial charge in [-0.25, -0.2) is 0 Å². The minimum Gasteiger partial charge on any atom is -0.395 e. The van der Waals surface area contributed by atoms with Gasteiger partial charge in [-0.05, 0) is 19.4 Å². The number of aryl methyl sites for hydroxylation is 1. The molecule has 0 fully saturated rings. The molecule has 0 aliphatic heterocycles. The summed E-state index contributed by atoms with van der Waals surface area (Å²) >= 11 is 0. The largest absolute Gasteiger partial charge is 0.395 e. The maximum absolute atomic E-state index is 11.1. The molecule has 0 unspecified atom stereocenters. The first kappa shape index (κ1) is 13.4. The van der Waals surface area contributed by atoms with Crippen LogP contribution < -0.4 is 4.90 Å². The third-order valence-corrected chi connectivity index (χ3v) is 2.60. The van der Waals surface area contributed by atoms with E-state index in [2.05, 4.69) is 0 Å². The number of nitro benzene ring substituents is 1. The molecule has 5 heteroatoms. The number of aliphatic hydroxyl groups is 1. The topological polar surface area (TPSA) is 66.6 Å². The molecule has 0 atom stereocenters. The van der Waals surface area contributed by atoms with E-state index in [1.807, 2.05) is 11.8 Å². The third kappa shape index (κ3) is 3.17. The van der Waals surface area contributed by atoms with Crippen molar-refractivity contribution in [1.29, 1.82) is 0 Å². The Hall–Kier alpha value is -1.62. The quantitative estimate of drug-likeness (QED) is 0.609. The highest BCUT2D eigenvalue weighted by molar-refractivity contribution is 5.66. The Balaban J connectivity index is 3.17. The van der Waals surface area contributed by atoms with Crippen LogP contribution in [0.1, 0.15) is 18.9 Å². The van der Waals surface area contributed by atoms with E-state index in [0.29, 0.717) is 24.3 Å². The number of nitrogens with zero attached hydrogens (tertiary/aromatic N) is 2. The summed E-state index contributed by atoms with van der Waals surface area (Å²) in [5.41, 5.74) is 1.37. The average molecular weight is 238 g/mol. The lowest BCUT2D eigenvalue weighted by Crippen LogP contribution is -2.28. The van der Waals surface area contributed by atoms with Crippen LogP contribution in [-0.4, -0.2) is 29.7 Å². The van der Waals surface area contributed by atoms with Gasteiger partial charge >= 0.3 is 0 Å². The summed E-state index contributed by atoms with van der Waals surface area (Å²) in [6.07, 6.45) is 0.880. The lowest BCUT2D eigenvalue weighted by molar-refractivity contribution is -0.384. The fourth-order valence-electron chi connectivity index (χ4n) is 1.88. The second kappa shape index (κ2) is 6.20. The Labute approximate surface area is 101 Å². The van der Waals surface area contributed by atoms with Gasteiger partial charge in [0.15, 0.2) is 0 Å². The maximum atomic E-state index is 11.1. The Bertz CT molecular complexity index is 387. The van der Waals surface area contributed by atoms with Gasteiger partial charge in [0.2, 0.25) is 0 Å². The van der Waals surface area contributed by atoms with Crippen molar-refractivity contribution < 1.29 is 10.0 Å². The van der Waals surface area contributed by atoms with Crippen LogP contribution in [0.15, 0.2) is 18.2 Å². The zero-order valence-electron chi connectivity index (χ0n) is 10.2. The van der Waals surface area contributed by atoms with Gasteiger partial charge in [-0.1, -0.05) is 19.1 Å². The molecule has 17 heavy (non-hydrogen) atoms. The lowest BCUT2D eigenvalue weighted by Gasteiger charge is -2.23. The predicted octanol–water partition coefficient (Wildman–Crippen LogP) is 2.11. The summed E-state index contributed by atoms with van der Waals surface area (Å²) in [7, 11) is 0. The van der Waals surface area contributed by atoms with Crippen LogP contribution in [0.25, 0.3) is 0 Å². The van der Waals surface area contributed by atoms with Crippen LogP contribution in [-0.2, 0) is 0 Å². The van der Waals surface area contributed by atoms with Crippen LogP contribution in [0, 0.1) is 17.0 Å². The second-order valence-electron chi connectivity index (χ2n) is 3.91. The molecule has 0 aliphatic carbocycles. The van der Waals surface area contributed by atoms with Gasteiger partial charge in [-0.3, -0.25) is 10.1 Å². The van der Waals surface area contributed by atoms with Gasteiger partial charge in [-0.15, -0.1) is 0 Å². The van der Waals surface area contributed by atoms with Gasteiger partial charge in [0.05, 0.1) is 11.5 Å². The van der Waals surface area contributed by atoms with Crippen LogP contribution in [0.2, 0.25) is 0 Å². The molecule has 0 saturated carbocycles. The van der Waals surface area contributed by atoms with E-state index < -0.39 is 0 Å². The molecule has 1 aromatic rings. The van der Waals surface area contributed by atoms with Gasteiger partial charge in [0.1, 0.15) is 5.69 Å². The Morgan fingerprint density at radius 3 is 2.65 bits per heavy atom. The molecular formula is C12H18N2O3. The lowest BCUT2D eigenvalue weighted by atomic mass is 10.1. The standard InChI is InChI=1S/C12H18N2O3/c1-3-7-13(8-9-15)11-6-4-5-10(2)12(11)14(16)17/h4-6,15H,3,7-9H2,1-2H3. The van der Waals surface area contributed by atoms with Crippen molar-refractivity contribution in [2.45, 2.75) is 20.3 Å². The third-order valence-electron chi connectivity index (χ3n) is 2.60. The van der Waals surface area contributed by atoms with E-state index in [9.17, 15) is 10.1 Å². The number of rotatable bonds is 6. The Morgan fingerprint density at radius 2 is 2.12 bits per heavy atom. The molecule has 0 bridgehead atoms. The van der Waals surface area contributed by atoms with Crippen molar-refractivity contribution >= 4 is 11.4 Å². The summed E-state index contributed by atoms with van der Waals surface area (Å²) in [5, 5.41) is 20.1. The molecule has 1 aromatic carbocycles. The summed E-state index contributed by atoms with van der Waals surface area (Å²) in [4.78, 5) is 12.6. The SMILES string of the molecule is CCCN(CCO)c1cccc(C)c1[N+](=O)[O-]. The van der Waals surface area contributed by atoms with Crippen LogP contribution >= 0.6 is 0 Å². The van der Waals surface area contributed by atoms with Crippen LogP contribution in [0.4, 0.5) is 11.4 Å². The number of benzene rings is 1. The molecule has 0 spiro atoms. The highest BCUT2D eigenvalue weighted by atomic mass is 16.6. The molecule has 5 nitrogen and oxygen atoms in total. The number of anilines is 1. The fraction of sp³-hybridized carbons (Fsp3) is 0.500. The molecule has 0 radical (unpaired) electrons. The number of aliphatic hydroxyl groups excluding tert-OH is 1. The zero-order chi connectivity index (χ0) is 12.8. The number of nitro groups is 1. The fourth-order valence-corrected chi connectivity index (χ4v) is 1.88. The normalized spacial score (nSPS) is 10.3. The zero-order valence-corrected chi connectivity index (χ0v) is 10.2. The van der Waals surface area contributed by atoms with E-state index in [-0.39, 0.29) is 17.2 Å². The monoisotopic (exact) mass is 238 g/mol. The van der Waals surface area contributed by atoms with Crippen molar-refractivity contribution in [3.8, 4) is 0 Å². The smallest absolute Gasteiger partial charge is 0.295 e. The molecule has 0 saturated heterocycles. The molecule has 0 heterocycles. The second-order valence-corrected chi connectivity index (χ2v) is 3.91. The highest BCUT2D eigenvalue weighted by Gasteiger charge is 2.20. The number of hydrogen-bond acceptors (Lipinski definition) is 4. The van der Waals surface area contributed by atoms with E-state index in [1.54, 1.807) is 25.1 Å². The molecule has 0 aliphatic rings. The van der Waals surface area contributed by atoms with Gasteiger partial charge in [-0.2, -0.15) is 0 Å². The molecule has 94 valence electrons. The first-order chi connectivity index (χ1) is 8.11. The van der Waals surface area contributed by atoms with Crippen molar-refractivity contribution in [3.63, 3.8) is 0 Å². The summed E-state index contributed by atoms with van der Waals surface area (Å²) < 4.78 is 0. The molecule has 0 amide bonds. The minimum absolute atomic E-state index is 0.00883. The number of hydrogen-bond donors (Lipinski definition) is 1. The van der Waals surface area contributed by atoms with Gasteiger partial charge in [0, 0.05) is 18.7 Å². The summed E-state index contributed by atoms with van der Waals surface area (Å²) in [6.45, 7) is 4.84. The van der Waals surface area contributed by atoms with E-state index >= 15 is 0 Å². The highest BCUT2D eigenvalue weighted by Crippen LogP contribution is 2.31. The average Bonchev–Trinajstić information content (AvgIpc) is 2.28. The van der Waals surface area contributed by atoms with E-state index in [0.717, 1.165) is 6.42 Å². The van der Waals surface area contributed by atoms with E-state index in [4.69, 9.17) is 5.11 Å². The first-order valence-electron chi connectivity index (χ1n) is 5.71. The van der Waals surface area contributed by atoms with Gasteiger partial charge < -0.3 is 10.0 Å². The molecule has 1 rings (SSSR count). The molecule has 1 N–H and O–H groups in total. The van der Waals surface area contributed by atoms with Crippen LogP contribution in [0.5, 0.6) is 0 Å². The molecular weight excluding hydrogens is 220 g/mol. The molecule has 0 aromatic heterocycles. The maximum Gasteiger partial charge on any atom is 0.295 e. The van der Waals surface area contributed by atoms with E-state index in [1.165, 1.54) is 0 Å². The summed E-state index contributed by atoms with van der Waals surface area (Å²) in [5.74, 6) is 0. The van der Waals surface area contributed by atoms with Crippen molar-refractivity contribution in [2.75, 3.05) is 24.6 Å². The first-order valence-corrected chi connectivity index (χ1v) is 5.71. The summed E-state index contributed by atoms with van der Waals surface area (Å²) in [6, 6.07) is 5.26. The number of para-hydroxylation sites is 1. The van der Waals surface area contributed by atoms with Crippen molar-refractivity contribution in [3.05, 3.63) is 33.9 Å². The van der Waals surface area contributed by atoms with Crippen molar-refractivity contribution in [1.82, 2.24) is 0 Å². The minimum atomic E-state index is -0.356. The predicted molar refractivity (Wildman–Crippen MR) is 67.4 cm³/mol. The Kier molecular flexibility index (Phi) is 4.90. The van der Waals surface area contributed by atoms with Crippen molar-refractivity contribution in [2.24, 2.45) is 0 Å². The van der Waals surface area contributed by atoms with Crippen LogP contribution in [0.3, 0.4) is 0 Å². The van der Waals surface area contributed by atoms with Gasteiger partial charge in [0.25, 0.3) is 5.69 Å².